The van der Waals surface area contributed by atoms with Crippen molar-refractivity contribution in [2.45, 2.75) is 289 Å². The van der Waals surface area contributed by atoms with Crippen LogP contribution in [0.4, 0.5) is 0 Å². The second kappa shape index (κ2) is 52.6. The minimum absolute atomic E-state index is 0.0472. The highest BCUT2D eigenvalue weighted by atomic mass is 16.7. The van der Waals surface area contributed by atoms with Crippen LogP contribution in [-0.4, -0.2) is 89.2 Å². The monoisotopic (exact) mass is 1080 g/mol. The third-order valence-corrected chi connectivity index (χ3v) is 13.5. The van der Waals surface area contributed by atoms with E-state index in [1.807, 2.05) is 12.2 Å². The molecule has 1 fully saturated rings. The summed E-state index contributed by atoms with van der Waals surface area (Å²) in [6.07, 6.45) is 55.6. The van der Waals surface area contributed by atoms with Crippen LogP contribution in [-0.2, 0) is 42.9 Å². The van der Waals surface area contributed by atoms with Crippen molar-refractivity contribution in [3.8, 4) is 0 Å². The fourth-order valence-corrected chi connectivity index (χ4v) is 8.80. The Balaban J connectivity index is 2.70. The first-order valence-electron chi connectivity index (χ1n) is 30.6. The molecule has 1 aliphatic rings. The molecule has 0 bridgehead atoms. The Morgan fingerprint density at radius 1 is 0.442 bits per heavy atom. The molecule has 0 radical (unpaired) electrons. The first-order chi connectivity index (χ1) is 37.6. The first-order valence-corrected chi connectivity index (χ1v) is 30.6. The highest BCUT2D eigenvalue weighted by Crippen LogP contribution is 2.26. The van der Waals surface area contributed by atoms with Gasteiger partial charge in [-0.05, 0) is 83.5 Å². The van der Waals surface area contributed by atoms with Gasteiger partial charge in [-0.3, -0.25) is 14.4 Å². The Hall–Kier alpha value is -4.10. The third kappa shape index (κ3) is 42.5. The predicted octanol–water partition coefficient (Wildman–Crippen LogP) is 15.9. The number of carboxylic acids is 1. The molecule has 6 unspecified atom stereocenters. The molecule has 0 saturated carbocycles. The van der Waals surface area contributed by atoms with Crippen LogP contribution in [0, 0.1) is 0 Å². The van der Waals surface area contributed by atoms with Crippen LogP contribution in [0.25, 0.3) is 0 Å². The molecule has 3 N–H and O–H groups in total. The van der Waals surface area contributed by atoms with Gasteiger partial charge in [-0.25, -0.2) is 4.79 Å². The van der Waals surface area contributed by atoms with Crippen molar-refractivity contribution in [1.29, 1.82) is 0 Å². The van der Waals surface area contributed by atoms with Gasteiger partial charge in [-0.2, -0.15) is 0 Å². The van der Waals surface area contributed by atoms with E-state index < -0.39 is 67.3 Å². The van der Waals surface area contributed by atoms with Gasteiger partial charge in [-0.15, -0.1) is 0 Å². The van der Waals surface area contributed by atoms with Gasteiger partial charge in [0.05, 0.1) is 6.61 Å². The molecule has 440 valence electrons. The highest BCUT2D eigenvalue weighted by molar-refractivity contribution is 5.74. The van der Waals surface area contributed by atoms with Crippen molar-refractivity contribution < 1.29 is 58.2 Å². The molecule has 1 rings (SSSR count). The summed E-state index contributed by atoms with van der Waals surface area (Å²) in [7, 11) is 0. The Morgan fingerprint density at radius 2 is 0.844 bits per heavy atom. The number of rotatable bonds is 51. The van der Waals surface area contributed by atoms with Gasteiger partial charge in [0.25, 0.3) is 0 Å². The van der Waals surface area contributed by atoms with Crippen LogP contribution in [0.5, 0.6) is 0 Å². The van der Waals surface area contributed by atoms with Crippen LogP contribution >= 0.6 is 0 Å². The van der Waals surface area contributed by atoms with Crippen molar-refractivity contribution in [2.24, 2.45) is 0 Å². The van der Waals surface area contributed by atoms with Crippen LogP contribution in [0.15, 0.2) is 85.1 Å². The van der Waals surface area contributed by atoms with Crippen molar-refractivity contribution in [3.63, 3.8) is 0 Å². The molecule has 0 aliphatic carbocycles. The third-order valence-electron chi connectivity index (χ3n) is 13.5. The predicted molar refractivity (Wildman–Crippen MR) is 312 cm³/mol. The van der Waals surface area contributed by atoms with Gasteiger partial charge in [0.1, 0.15) is 18.8 Å². The van der Waals surface area contributed by atoms with Crippen LogP contribution in [0.3, 0.4) is 0 Å². The lowest BCUT2D eigenvalue weighted by atomic mass is 9.98. The SMILES string of the molecule is CC/C=C\C/C=C\C/C=C\C/C=C\C/C=C\C/C=C\CCC(=O)OCC(COC1OC(C(=O)O)C(O)C(O)C1OC(=O)CCCCCCCCC/C=C\CCCCCCCC)OC(=O)CCCCCCCCCCCCC. The molecule has 12 heteroatoms. The number of carboxylic acid groups (broad SMARTS) is 1. The zero-order valence-electron chi connectivity index (χ0n) is 48.4. The normalized spacial score (nSPS) is 18.6. The number of aliphatic hydroxyl groups excluding tert-OH is 2. The summed E-state index contributed by atoms with van der Waals surface area (Å²) in [5.74, 6) is -3.23. The lowest BCUT2D eigenvalue weighted by molar-refractivity contribution is -0.301. The lowest BCUT2D eigenvalue weighted by Gasteiger charge is -2.40. The van der Waals surface area contributed by atoms with Gasteiger partial charge in [0.2, 0.25) is 0 Å². The van der Waals surface area contributed by atoms with Crippen molar-refractivity contribution in [2.75, 3.05) is 13.2 Å². The maximum Gasteiger partial charge on any atom is 0.335 e. The van der Waals surface area contributed by atoms with Gasteiger partial charge >= 0.3 is 23.9 Å². The largest absolute Gasteiger partial charge is 0.479 e. The molecule has 6 atom stereocenters. The minimum Gasteiger partial charge on any atom is -0.479 e. The molecule has 0 aromatic rings. The number of carbonyl (C=O) groups is 4. The molecule has 77 heavy (non-hydrogen) atoms. The van der Waals surface area contributed by atoms with Crippen molar-refractivity contribution in [3.05, 3.63) is 85.1 Å². The van der Waals surface area contributed by atoms with E-state index in [4.69, 9.17) is 23.7 Å². The average molecular weight is 1080 g/mol. The van der Waals surface area contributed by atoms with Crippen LogP contribution in [0.2, 0.25) is 0 Å². The first kappa shape index (κ1) is 70.9. The molecule has 0 amide bonds. The maximum atomic E-state index is 13.1. The lowest BCUT2D eigenvalue weighted by Crippen LogP contribution is -2.61. The second-order valence-electron chi connectivity index (χ2n) is 20.6. The number of hydrogen-bond donors (Lipinski definition) is 3. The average Bonchev–Trinajstić information content (AvgIpc) is 3.41. The molecule has 0 aromatic heterocycles. The molecule has 0 spiro atoms. The summed E-state index contributed by atoms with van der Waals surface area (Å²) < 4.78 is 28.4. The summed E-state index contributed by atoms with van der Waals surface area (Å²) in [4.78, 5) is 51.1. The van der Waals surface area contributed by atoms with E-state index in [9.17, 15) is 34.5 Å². The maximum absolute atomic E-state index is 13.1. The van der Waals surface area contributed by atoms with E-state index in [-0.39, 0.29) is 25.9 Å². The summed E-state index contributed by atoms with van der Waals surface area (Å²) in [5.41, 5.74) is 0. The van der Waals surface area contributed by atoms with E-state index in [1.165, 1.54) is 96.3 Å². The number of ether oxygens (including phenoxy) is 5. The second-order valence-corrected chi connectivity index (χ2v) is 20.6. The Morgan fingerprint density at radius 3 is 1.30 bits per heavy atom. The number of aliphatic hydroxyl groups is 2. The molecular formula is C65H108O12. The summed E-state index contributed by atoms with van der Waals surface area (Å²) in [6, 6.07) is 0. The van der Waals surface area contributed by atoms with E-state index in [1.54, 1.807) is 0 Å². The molecule has 0 aromatic carbocycles. The molecule has 1 aliphatic heterocycles. The molecular weight excluding hydrogens is 973 g/mol. The van der Waals surface area contributed by atoms with Gasteiger partial charge < -0.3 is 39.0 Å². The van der Waals surface area contributed by atoms with Crippen molar-refractivity contribution >= 4 is 23.9 Å². The number of hydrogen-bond acceptors (Lipinski definition) is 11. The minimum atomic E-state index is -1.91. The van der Waals surface area contributed by atoms with Gasteiger partial charge in [0.15, 0.2) is 24.6 Å². The fraction of sp³-hybridized carbons (Fsp3) is 0.723. The fourth-order valence-electron chi connectivity index (χ4n) is 8.80. The van der Waals surface area contributed by atoms with E-state index in [2.05, 4.69) is 93.7 Å². The number of carbonyl (C=O) groups excluding carboxylic acids is 3. The summed E-state index contributed by atoms with van der Waals surface area (Å²) in [5, 5.41) is 31.5. The van der Waals surface area contributed by atoms with Gasteiger partial charge in [0, 0.05) is 19.3 Å². The number of esters is 3. The molecule has 12 nitrogen and oxygen atoms in total. The van der Waals surface area contributed by atoms with Crippen molar-refractivity contribution in [1.82, 2.24) is 0 Å². The van der Waals surface area contributed by atoms with Gasteiger partial charge in [-0.1, -0.05) is 234 Å². The van der Waals surface area contributed by atoms with E-state index in [0.29, 0.717) is 19.3 Å². The summed E-state index contributed by atoms with van der Waals surface area (Å²) >= 11 is 0. The van der Waals surface area contributed by atoms with Crippen LogP contribution < -0.4 is 0 Å². The summed E-state index contributed by atoms with van der Waals surface area (Å²) in [6.45, 7) is 5.81. The Labute approximate surface area is 467 Å². The Bertz CT molecular complexity index is 1660. The molecule has 1 heterocycles. The Kier molecular flexibility index (Phi) is 48.4. The van der Waals surface area contributed by atoms with E-state index in [0.717, 1.165) is 96.3 Å². The standard InChI is InChI=1S/C65H108O12/c1-4-7-10-13-16-19-22-24-26-28-29-31-32-34-37-39-42-45-48-51-57(66)73-54-56(75-58(67)52-49-46-43-40-36-21-18-15-12-9-6-3)55-74-65-63(61(70)60(69)62(77-65)64(71)72)76-59(68)53-50-47-44-41-38-35-33-30-27-25-23-20-17-14-11-8-5-2/h7,10,16,19,24-27,29,31,34,37,42,45,56,60-63,65,69-70H,4-6,8-9,11-15,17-18,20-23,28,30,32-33,35-36,38-41,43-44,46-55H2,1-3H3,(H,71,72)/b10-7-,19-16-,26-24-,27-25-,31-29-,37-34-,45-42-. The smallest absolute Gasteiger partial charge is 0.335 e. The number of allylic oxidation sites excluding steroid dienone is 14. The topological polar surface area (TPSA) is 175 Å². The van der Waals surface area contributed by atoms with Crippen LogP contribution in [0.1, 0.15) is 252 Å². The zero-order valence-corrected chi connectivity index (χ0v) is 48.4. The molecule has 1 saturated heterocycles. The van der Waals surface area contributed by atoms with E-state index >= 15 is 0 Å². The quantitative estimate of drug-likeness (QED) is 0.0228. The number of aliphatic carboxylic acids is 1. The highest BCUT2D eigenvalue weighted by Gasteiger charge is 2.50. The number of unbranched alkanes of at least 4 members (excludes halogenated alkanes) is 23. The zero-order chi connectivity index (χ0) is 56.1.